The van der Waals surface area contributed by atoms with Crippen molar-refractivity contribution >= 4 is 0 Å². The molecular formula is C13H25N3O. The highest BCUT2D eigenvalue weighted by Gasteiger charge is 2.13. The molecule has 0 bridgehead atoms. The Balaban J connectivity index is 2.73. The minimum absolute atomic E-state index is 0.602. The summed E-state index contributed by atoms with van der Waals surface area (Å²) in [5, 5.41) is 4.66. The van der Waals surface area contributed by atoms with Crippen LogP contribution in [-0.2, 0) is 30.7 Å². The summed E-state index contributed by atoms with van der Waals surface area (Å²) in [7, 11) is 1.74. The van der Waals surface area contributed by atoms with E-state index in [0.717, 1.165) is 44.5 Å². The number of nitrogens with two attached hydrogens (primary N) is 1. The molecule has 0 aliphatic heterocycles. The molecule has 0 unspecified atom stereocenters. The molecule has 0 aliphatic rings. The molecule has 0 amide bonds. The van der Waals surface area contributed by atoms with Gasteiger partial charge in [0.25, 0.3) is 0 Å². The Morgan fingerprint density at radius 2 is 2.00 bits per heavy atom. The Morgan fingerprint density at radius 1 is 1.24 bits per heavy atom. The second-order valence-corrected chi connectivity index (χ2v) is 4.21. The zero-order valence-corrected chi connectivity index (χ0v) is 11.3. The number of methoxy groups -OCH3 is 1. The van der Waals surface area contributed by atoms with Crippen molar-refractivity contribution in [1.82, 2.24) is 9.78 Å². The Hall–Kier alpha value is -0.870. The van der Waals surface area contributed by atoms with Crippen LogP contribution in [0.1, 0.15) is 43.6 Å². The first-order valence-corrected chi connectivity index (χ1v) is 6.54. The van der Waals surface area contributed by atoms with Crippen molar-refractivity contribution in [3.8, 4) is 0 Å². The van der Waals surface area contributed by atoms with Gasteiger partial charge < -0.3 is 10.5 Å². The van der Waals surface area contributed by atoms with Gasteiger partial charge in [0, 0.05) is 38.1 Å². The average Bonchev–Trinajstić information content (AvgIpc) is 2.71. The molecule has 1 heterocycles. The number of nitrogens with zero attached hydrogens (tertiary/aromatic N) is 2. The molecule has 17 heavy (non-hydrogen) atoms. The topological polar surface area (TPSA) is 53.1 Å². The molecule has 4 heteroatoms. The van der Waals surface area contributed by atoms with E-state index in [1.54, 1.807) is 7.11 Å². The summed E-state index contributed by atoms with van der Waals surface area (Å²) < 4.78 is 7.19. The Morgan fingerprint density at radius 3 is 2.53 bits per heavy atom. The first-order valence-electron chi connectivity index (χ1n) is 6.54. The normalized spacial score (nSPS) is 11.1. The average molecular weight is 239 g/mol. The molecule has 0 aromatic carbocycles. The standard InChI is InChI=1S/C13H25N3O/c1-4-12-11(10-14)13(5-2)16(15-12)8-6-7-9-17-3/h4-10,14H2,1-3H3. The maximum Gasteiger partial charge on any atom is 0.0669 e. The molecular weight excluding hydrogens is 214 g/mol. The SMILES string of the molecule is CCc1nn(CCCCOC)c(CC)c1CN. The zero-order chi connectivity index (χ0) is 12.7. The maximum atomic E-state index is 5.82. The van der Waals surface area contributed by atoms with Gasteiger partial charge in [-0.3, -0.25) is 4.68 Å². The van der Waals surface area contributed by atoms with Crippen LogP contribution in [0.25, 0.3) is 0 Å². The summed E-state index contributed by atoms with van der Waals surface area (Å²) in [6.45, 7) is 6.70. The Bertz CT molecular complexity index is 334. The lowest BCUT2D eigenvalue weighted by atomic mass is 10.1. The van der Waals surface area contributed by atoms with Crippen LogP contribution in [0.4, 0.5) is 0 Å². The fourth-order valence-corrected chi connectivity index (χ4v) is 2.20. The molecule has 4 nitrogen and oxygen atoms in total. The van der Waals surface area contributed by atoms with Gasteiger partial charge >= 0.3 is 0 Å². The van der Waals surface area contributed by atoms with Gasteiger partial charge in [0.05, 0.1) is 5.69 Å². The van der Waals surface area contributed by atoms with E-state index in [2.05, 4.69) is 23.6 Å². The number of aryl methyl sites for hydroxylation is 2. The van der Waals surface area contributed by atoms with Gasteiger partial charge in [0.1, 0.15) is 0 Å². The lowest BCUT2D eigenvalue weighted by Crippen LogP contribution is -2.07. The van der Waals surface area contributed by atoms with Crippen molar-refractivity contribution in [2.45, 2.75) is 52.6 Å². The molecule has 0 aliphatic carbocycles. The number of rotatable bonds is 8. The number of hydrogen-bond acceptors (Lipinski definition) is 3. The van der Waals surface area contributed by atoms with Crippen molar-refractivity contribution in [1.29, 1.82) is 0 Å². The molecule has 0 saturated carbocycles. The highest BCUT2D eigenvalue weighted by atomic mass is 16.5. The molecule has 0 fully saturated rings. The summed E-state index contributed by atoms with van der Waals surface area (Å²) in [5.74, 6) is 0. The quantitative estimate of drug-likeness (QED) is 0.705. The third-order valence-corrected chi connectivity index (χ3v) is 3.09. The van der Waals surface area contributed by atoms with Gasteiger partial charge in [-0.25, -0.2) is 0 Å². The molecule has 0 saturated heterocycles. The molecule has 1 rings (SSSR count). The summed E-state index contributed by atoms with van der Waals surface area (Å²) in [4.78, 5) is 0. The van der Waals surface area contributed by atoms with E-state index < -0.39 is 0 Å². The molecule has 1 aromatic rings. The van der Waals surface area contributed by atoms with Gasteiger partial charge in [0.15, 0.2) is 0 Å². The fraction of sp³-hybridized carbons (Fsp3) is 0.769. The van der Waals surface area contributed by atoms with E-state index >= 15 is 0 Å². The first-order chi connectivity index (χ1) is 8.28. The van der Waals surface area contributed by atoms with Crippen molar-refractivity contribution in [2.75, 3.05) is 13.7 Å². The highest BCUT2D eigenvalue weighted by Crippen LogP contribution is 2.16. The minimum Gasteiger partial charge on any atom is -0.385 e. The Kier molecular flexibility index (Phi) is 6.22. The van der Waals surface area contributed by atoms with Gasteiger partial charge in [-0.15, -0.1) is 0 Å². The number of ether oxygens (including phenoxy) is 1. The van der Waals surface area contributed by atoms with Crippen LogP contribution < -0.4 is 5.73 Å². The molecule has 2 N–H and O–H groups in total. The second-order valence-electron chi connectivity index (χ2n) is 4.21. The van der Waals surface area contributed by atoms with Gasteiger partial charge in [-0.2, -0.15) is 5.10 Å². The summed E-state index contributed by atoms with van der Waals surface area (Å²) in [6.07, 6.45) is 4.16. The fourth-order valence-electron chi connectivity index (χ4n) is 2.20. The van der Waals surface area contributed by atoms with E-state index in [1.165, 1.54) is 11.3 Å². The van der Waals surface area contributed by atoms with Crippen LogP contribution in [-0.4, -0.2) is 23.5 Å². The smallest absolute Gasteiger partial charge is 0.0669 e. The van der Waals surface area contributed by atoms with Gasteiger partial charge in [0.2, 0.25) is 0 Å². The first kappa shape index (κ1) is 14.2. The van der Waals surface area contributed by atoms with Crippen molar-refractivity contribution in [2.24, 2.45) is 5.73 Å². The number of unbranched alkanes of at least 4 members (excludes halogenated alkanes) is 1. The lowest BCUT2D eigenvalue weighted by molar-refractivity contribution is 0.191. The monoisotopic (exact) mass is 239 g/mol. The molecule has 0 atom stereocenters. The Labute approximate surface area is 104 Å². The van der Waals surface area contributed by atoms with Crippen molar-refractivity contribution in [3.05, 3.63) is 17.0 Å². The van der Waals surface area contributed by atoms with Gasteiger partial charge in [-0.1, -0.05) is 13.8 Å². The van der Waals surface area contributed by atoms with Gasteiger partial charge in [-0.05, 0) is 25.7 Å². The molecule has 98 valence electrons. The van der Waals surface area contributed by atoms with Crippen LogP contribution in [0, 0.1) is 0 Å². The molecule has 0 spiro atoms. The predicted octanol–water partition coefficient (Wildman–Crippen LogP) is 1.89. The third kappa shape index (κ3) is 3.54. The van der Waals surface area contributed by atoms with Crippen LogP contribution in [0.3, 0.4) is 0 Å². The second kappa shape index (κ2) is 7.45. The summed E-state index contributed by atoms with van der Waals surface area (Å²) in [6, 6.07) is 0. The van der Waals surface area contributed by atoms with Crippen molar-refractivity contribution < 1.29 is 4.74 Å². The van der Waals surface area contributed by atoms with Crippen LogP contribution in [0.2, 0.25) is 0 Å². The summed E-state index contributed by atoms with van der Waals surface area (Å²) >= 11 is 0. The van der Waals surface area contributed by atoms with Crippen LogP contribution in [0.15, 0.2) is 0 Å². The van der Waals surface area contributed by atoms with Crippen molar-refractivity contribution in [3.63, 3.8) is 0 Å². The largest absolute Gasteiger partial charge is 0.385 e. The predicted molar refractivity (Wildman–Crippen MR) is 70.0 cm³/mol. The minimum atomic E-state index is 0.602. The van der Waals surface area contributed by atoms with Crippen LogP contribution in [0.5, 0.6) is 0 Å². The highest BCUT2D eigenvalue weighted by molar-refractivity contribution is 5.26. The van der Waals surface area contributed by atoms with Crippen LogP contribution >= 0.6 is 0 Å². The van der Waals surface area contributed by atoms with E-state index in [9.17, 15) is 0 Å². The van der Waals surface area contributed by atoms with E-state index in [4.69, 9.17) is 10.5 Å². The third-order valence-electron chi connectivity index (χ3n) is 3.09. The van der Waals surface area contributed by atoms with E-state index in [0.29, 0.717) is 6.54 Å². The molecule has 1 aromatic heterocycles. The zero-order valence-electron chi connectivity index (χ0n) is 11.3. The number of aromatic nitrogens is 2. The van der Waals surface area contributed by atoms with E-state index in [1.807, 2.05) is 0 Å². The summed E-state index contributed by atoms with van der Waals surface area (Å²) in [5.41, 5.74) is 9.54. The molecule has 0 radical (unpaired) electrons. The maximum absolute atomic E-state index is 5.82. The van der Waals surface area contributed by atoms with E-state index in [-0.39, 0.29) is 0 Å². The number of hydrogen-bond donors (Lipinski definition) is 1. The lowest BCUT2D eigenvalue weighted by Gasteiger charge is -2.06.